The van der Waals surface area contributed by atoms with Crippen LogP contribution in [0.5, 0.6) is 0 Å². The molecule has 0 spiro atoms. The summed E-state index contributed by atoms with van der Waals surface area (Å²) < 4.78 is 14.8. The predicted octanol–water partition coefficient (Wildman–Crippen LogP) is 2.01. The highest BCUT2D eigenvalue weighted by atomic mass is 19.1. The van der Waals surface area contributed by atoms with Crippen LogP contribution in [-0.2, 0) is 0 Å². The Balaban J connectivity index is 2.22. The van der Waals surface area contributed by atoms with Gasteiger partial charge in [0.15, 0.2) is 5.78 Å². The Hall–Kier alpha value is -2.86. The van der Waals surface area contributed by atoms with Gasteiger partial charge in [-0.05, 0) is 18.2 Å². The standard InChI is InChI=1S/C16H12FN3O2/c17-12-7-3-1-5-10(12)16(22)20-13-8-4-2-6-11(13)15(19-20)14(21)9-18/h1-8H,9,18H2. The Morgan fingerprint density at radius 1 is 1.09 bits per heavy atom. The Morgan fingerprint density at radius 2 is 1.77 bits per heavy atom. The number of ketones is 1. The number of halogens is 1. The third kappa shape index (κ3) is 2.19. The summed E-state index contributed by atoms with van der Waals surface area (Å²) in [6, 6.07) is 12.4. The molecule has 5 nitrogen and oxygen atoms in total. The summed E-state index contributed by atoms with van der Waals surface area (Å²) in [5.41, 5.74) is 5.81. The minimum atomic E-state index is -0.640. The van der Waals surface area contributed by atoms with E-state index < -0.39 is 11.7 Å². The molecule has 0 aliphatic heterocycles. The molecule has 110 valence electrons. The average Bonchev–Trinajstić information content (AvgIpc) is 2.94. The molecule has 0 bridgehead atoms. The summed E-state index contributed by atoms with van der Waals surface area (Å²) in [7, 11) is 0. The maximum atomic E-state index is 13.8. The maximum absolute atomic E-state index is 13.8. The second kappa shape index (κ2) is 5.50. The van der Waals surface area contributed by atoms with Crippen molar-refractivity contribution in [2.24, 2.45) is 5.73 Å². The van der Waals surface area contributed by atoms with E-state index in [2.05, 4.69) is 5.10 Å². The van der Waals surface area contributed by atoms with E-state index >= 15 is 0 Å². The van der Waals surface area contributed by atoms with E-state index in [1.165, 1.54) is 18.2 Å². The third-order valence-corrected chi connectivity index (χ3v) is 3.33. The van der Waals surface area contributed by atoms with Crippen molar-refractivity contribution < 1.29 is 14.0 Å². The zero-order valence-electron chi connectivity index (χ0n) is 11.5. The van der Waals surface area contributed by atoms with Crippen LogP contribution in [0.3, 0.4) is 0 Å². The number of carbonyl (C=O) groups is 2. The fraction of sp³-hybridized carbons (Fsp3) is 0.0625. The SMILES string of the molecule is NCC(=O)c1nn(C(=O)c2ccccc2F)c2ccccc12. The van der Waals surface area contributed by atoms with Gasteiger partial charge < -0.3 is 5.73 Å². The molecule has 1 aromatic heterocycles. The summed E-state index contributed by atoms with van der Waals surface area (Å²) in [6.45, 7) is -0.213. The van der Waals surface area contributed by atoms with E-state index in [9.17, 15) is 14.0 Å². The Kier molecular flexibility index (Phi) is 3.52. The summed E-state index contributed by atoms with van der Waals surface area (Å²) in [5, 5.41) is 4.56. The monoisotopic (exact) mass is 297 g/mol. The number of hydrogen-bond donors (Lipinski definition) is 1. The summed E-state index contributed by atoms with van der Waals surface area (Å²) in [4.78, 5) is 24.4. The fourth-order valence-electron chi connectivity index (χ4n) is 2.27. The Morgan fingerprint density at radius 3 is 2.50 bits per heavy atom. The molecule has 0 fully saturated rings. The highest BCUT2D eigenvalue weighted by Gasteiger charge is 2.21. The quantitative estimate of drug-likeness (QED) is 0.750. The number of fused-ring (bicyclic) bond motifs is 1. The third-order valence-electron chi connectivity index (χ3n) is 3.33. The molecule has 0 atom stereocenters. The van der Waals surface area contributed by atoms with E-state index in [0.29, 0.717) is 10.9 Å². The van der Waals surface area contributed by atoms with Crippen molar-refractivity contribution >= 4 is 22.6 Å². The summed E-state index contributed by atoms with van der Waals surface area (Å²) in [6.07, 6.45) is 0. The highest BCUT2D eigenvalue weighted by Crippen LogP contribution is 2.20. The first kappa shape index (κ1) is 14.1. The van der Waals surface area contributed by atoms with Crippen LogP contribution in [0.2, 0.25) is 0 Å². The van der Waals surface area contributed by atoms with Crippen LogP contribution in [0.15, 0.2) is 48.5 Å². The molecule has 0 amide bonds. The maximum Gasteiger partial charge on any atom is 0.281 e. The number of carbonyl (C=O) groups excluding carboxylic acids is 2. The number of hydrogen-bond acceptors (Lipinski definition) is 4. The van der Waals surface area contributed by atoms with Gasteiger partial charge in [-0.15, -0.1) is 0 Å². The number of benzene rings is 2. The molecule has 0 saturated heterocycles. The van der Waals surface area contributed by atoms with Gasteiger partial charge in [-0.2, -0.15) is 9.78 Å². The van der Waals surface area contributed by atoms with E-state index in [-0.39, 0.29) is 23.6 Å². The van der Waals surface area contributed by atoms with Crippen LogP contribution in [0, 0.1) is 5.82 Å². The lowest BCUT2D eigenvalue weighted by Crippen LogP contribution is -2.18. The minimum absolute atomic E-state index is 0.109. The van der Waals surface area contributed by atoms with Crippen molar-refractivity contribution in [2.75, 3.05) is 6.54 Å². The van der Waals surface area contributed by atoms with Gasteiger partial charge in [0.05, 0.1) is 17.6 Å². The van der Waals surface area contributed by atoms with Crippen molar-refractivity contribution in [3.8, 4) is 0 Å². The Labute approximate surface area is 125 Å². The van der Waals surface area contributed by atoms with Crippen LogP contribution in [0.4, 0.5) is 4.39 Å². The second-order valence-electron chi connectivity index (χ2n) is 4.69. The molecule has 22 heavy (non-hydrogen) atoms. The number of para-hydroxylation sites is 1. The van der Waals surface area contributed by atoms with Gasteiger partial charge >= 0.3 is 0 Å². The zero-order valence-corrected chi connectivity index (χ0v) is 11.5. The molecule has 1 heterocycles. The van der Waals surface area contributed by atoms with Crippen molar-refractivity contribution in [3.05, 3.63) is 65.6 Å². The molecule has 6 heteroatoms. The van der Waals surface area contributed by atoms with Crippen molar-refractivity contribution in [2.45, 2.75) is 0 Å². The molecule has 2 aromatic carbocycles. The van der Waals surface area contributed by atoms with Gasteiger partial charge in [0, 0.05) is 5.39 Å². The van der Waals surface area contributed by atoms with Gasteiger partial charge in [-0.1, -0.05) is 30.3 Å². The first-order valence-electron chi connectivity index (χ1n) is 6.63. The lowest BCUT2D eigenvalue weighted by atomic mass is 10.1. The van der Waals surface area contributed by atoms with Gasteiger partial charge in [0.25, 0.3) is 5.91 Å². The van der Waals surface area contributed by atoms with Crippen LogP contribution in [0.25, 0.3) is 10.9 Å². The molecular formula is C16H12FN3O2. The Bertz CT molecular complexity index is 886. The first-order valence-corrected chi connectivity index (χ1v) is 6.63. The molecular weight excluding hydrogens is 285 g/mol. The number of nitrogens with two attached hydrogens (primary N) is 1. The summed E-state index contributed by atoms with van der Waals surface area (Å²) >= 11 is 0. The van der Waals surface area contributed by atoms with Crippen LogP contribution in [-0.4, -0.2) is 28.0 Å². The van der Waals surface area contributed by atoms with Crippen molar-refractivity contribution in [3.63, 3.8) is 0 Å². The van der Waals surface area contributed by atoms with E-state index in [4.69, 9.17) is 5.73 Å². The second-order valence-corrected chi connectivity index (χ2v) is 4.69. The van der Waals surface area contributed by atoms with Gasteiger partial charge in [-0.25, -0.2) is 4.39 Å². The summed E-state index contributed by atoms with van der Waals surface area (Å²) in [5.74, 6) is -1.65. The molecule has 3 rings (SSSR count). The van der Waals surface area contributed by atoms with E-state index in [0.717, 1.165) is 4.68 Å². The number of rotatable bonds is 3. The number of Topliss-reactive ketones (excluding diaryl/α,β-unsaturated/α-hetero) is 1. The van der Waals surface area contributed by atoms with Crippen LogP contribution < -0.4 is 5.73 Å². The van der Waals surface area contributed by atoms with Gasteiger partial charge in [-0.3, -0.25) is 9.59 Å². The van der Waals surface area contributed by atoms with Crippen LogP contribution in [0.1, 0.15) is 20.8 Å². The number of aromatic nitrogens is 2. The number of nitrogens with zero attached hydrogens (tertiary/aromatic N) is 2. The topological polar surface area (TPSA) is 78.0 Å². The predicted molar refractivity (Wildman–Crippen MR) is 79.2 cm³/mol. The van der Waals surface area contributed by atoms with Gasteiger partial charge in [0.1, 0.15) is 11.5 Å². The molecule has 0 saturated carbocycles. The van der Waals surface area contributed by atoms with Crippen molar-refractivity contribution in [1.82, 2.24) is 9.78 Å². The smallest absolute Gasteiger partial charge is 0.281 e. The molecule has 0 radical (unpaired) electrons. The normalized spacial score (nSPS) is 10.8. The molecule has 0 aliphatic carbocycles. The van der Waals surface area contributed by atoms with Crippen LogP contribution >= 0.6 is 0 Å². The van der Waals surface area contributed by atoms with Gasteiger partial charge in [0.2, 0.25) is 0 Å². The molecule has 3 aromatic rings. The van der Waals surface area contributed by atoms with E-state index in [1.54, 1.807) is 30.3 Å². The lowest BCUT2D eigenvalue weighted by Gasteiger charge is -2.03. The average molecular weight is 297 g/mol. The molecule has 0 aliphatic rings. The van der Waals surface area contributed by atoms with E-state index in [1.807, 2.05) is 0 Å². The highest BCUT2D eigenvalue weighted by molar-refractivity contribution is 6.10. The first-order chi connectivity index (χ1) is 10.6. The molecule has 0 unspecified atom stereocenters. The fourth-order valence-corrected chi connectivity index (χ4v) is 2.27. The zero-order chi connectivity index (χ0) is 15.7. The minimum Gasteiger partial charge on any atom is -0.324 e. The lowest BCUT2D eigenvalue weighted by molar-refractivity contribution is 0.0944. The van der Waals surface area contributed by atoms with Crippen molar-refractivity contribution in [1.29, 1.82) is 0 Å². The molecule has 2 N–H and O–H groups in total. The largest absolute Gasteiger partial charge is 0.324 e.